The van der Waals surface area contributed by atoms with Crippen LogP contribution in [0.4, 0.5) is 0 Å². The minimum Gasteiger partial charge on any atom is -0.444 e. The second-order valence-electron chi connectivity index (χ2n) is 4.91. The van der Waals surface area contributed by atoms with E-state index >= 15 is 0 Å². The van der Waals surface area contributed by atoms with Crippen LogP contribution >= 0.6 is 22.6 Å². The van der Waals surface area contributed by atoms with Gasteiger partial charge in [0.1, 0.15) is 9.96 Å². The van der Waals surface area contributed by atoms with Gasteiger partial charge in [-0.1, -0.05) is 48.5 Å². The molecule has 4 rings (SSSR count). The van der Waals surface area contributed by atoms with E-state index in [2.05, 4.69) is 32.6 Å². The normalized spacial score (nSPS) is 10.8. The highest BCUT2D eigenvalue weighted by atomic mass is 127. The fourth-order valence-corrected chi connectivity index (χ4v) is 2.90. The highest BCUT2D eigenvalue weighted by Gasteiger charge is 2.17. The molecule has 0 N–H and O–H groups in total. The van der Waals surface area contributed by atoms with E-state index in [-0.39, 0.29) is 0 Å². The van der Waals surface area contributed by atoms with E-state index in [0.29, 0.717) is 17.5 Å². The number of aromatic nitrogens is 2. The van der Waals surface area contributed by atoms with Crippen LogP contribution in [0.1, 0.15) is 0 Å². The molecule has 0 fully saturated rings. The van der Waals surface area contributed by atoms with Crippen molar-refractivity contribution in [2.45, 2.75) is 0 Å². The molecular formula is C18H11IN2O2. The van der Waals surface area contributed by atoms with Gasteiger partial charge in [-0.3, -0.25) is 0 Å². The van der Waals surface area contributed by atoms with Gasteiger partial charge < -0.3 is 8.83 Å². The lowest BCUT2D eigenvalue weighted by Crippen LogP contribution is -1.79. The van der Waals surface area contributed by atoms with Crippen molar-refractivity contribution in [2.24, 2.45) is 0 Å². The summed E-state index contributed by atoms with van der Waals surface area (Å²) in [6, 6.07) is 19.6. The summed E-state index contributed by atoms with van der Waals surface area (Å²) in [5.74, 6) is 1.75. The van der Waals surface area contributed by atoms with Gasteiger partial charge in [0, 0.05) is 11.1 Å². The Morgan fingerprint density at radius 2 is 1.39 bits per heavy atom. The second-order valence-corrected chi connectivity index (χ2v) is 5.93. The van der Waals surface area contributed by atoms with Crippen molar-refractivity contribution in [3.05, 3.63) is 70.6 Å². The van der Waals surface area contributed by atoms with E-state index < -0.39 is 0 Å². The Bertz CT molecular complexity index is 930. The number of halogens is 1. The van der Waals surface area contributed by atoms with Crippen molar-refractivity contribution in [1.82, 2.24) is 9.97 Å². The maximum absolute atomic E-state index is 5.89. The molecule has 0 aliphatic carbocycles. The van der Waals surface area contributed by atoms with Crippen molar-refractivity contribution in [1.29, 1.82) is 0 Å². The van der Waals surface area contributed by atoms with Gasteiger partial charge in [0.05, 0.1) is 0 Å². The zero-order valence-electron chi connectivity index (χ0n) is 11.9. The number of hydrogen-bond acceptors (Lipinski definition) is 4. The predicted molar refractivity (Wildman–Crippen MR) is 95.6 cm³/mol. The number of nitrogens with zero attached hydrogens (tertiary/aromatic N) is 2. The van der Waals surface area contributed by atoms with Gasteiger partial charge >= 0.3 is 0 Å². The van der Waals surface area contributed by atoms with Crippen LogP contribution < -0.4 is 0 Å². The van der Waals surface area contributed by atoms with Crippen molar-refractivity contribution < 1.29 is 8.83 Å². The Morgan fingerprint density at radius 3 is 2.09 bits per heavy atom. The van der Waals surface area contributed by atoms with Crippen LogP contribution in [0.15, 0.2) is 75.8 Å². The third-order valence-electron chi connectivity index (χ3n) is 3.37. The van der Waals surface area contributed by atoms with E-state index in [1.54, 1.807) is 6.26 Å². The summed E-state index contributed by atoms with van der Waals surface area (Å²) < 4.78 is 12.2. The molecule has 4 aromatic rings. The molecule has 0 amide bonds. The lowest BCUT2D eigenvalue weighted by atomic mass is 10.2. The first-order valence-electron chi connectivity index (χ1n) is 7.04. The molecule has 112 valence electrons. The van der Waals surface area contributed by atoms with Crippen LogP contribution in [0.2, 0.25) is 0 Å². The summed E-state index contributed by atoms with van der Waals surface area (Å²) in [6.45, 7) is 0. The molecule has 0 radical (unpaired) electrons. The van der Waals surface area contributed by atoms with Gasteiger partial charge in [-0.15, -0.1) is 0 Å². The lowest BCUT2D eigenvalue weighted by Gasteiger charge is -1.95. The number of hydrogen-bond donors (Lipinski definition) is 0. The second kappa shape index (κ2) is 6.00. The Hall–Kier alpha value is -2.41. The van der Waals surface area contributed by atoms with Gasteiger partial charge in [0.2, 0.25) is 11.8 Å². The van der Waals surface area contributed by atoms with Crippen molar-refractivity contribution >= 4 is 22.6 Å². The molecule has 2 aromatic carbocycles. The first kappa shape index (κ1) is 14.2. The first-order chi connectivity index (χ1) is 11.3. The molecule has 4 nitrogen and oxygen atoms in total. The molecule has 0 saturated carbocycles. The van der Waals surface area contributed by atoms with Crippen LogP contribution in [-0.2, 0) is 0 Å². The molecule has 23 heavy (non-hydrogen) atoms. The van der Waals surface area contributed by atoms with Crippen molar-refractivity contribution in [2.75, 3.05) is 0 Å². The molecule has 2 heterocycles. The molecule has 0 atom stereocenters. The molecule has 0 saturated heterocycles. The highest BCUT2D eigenvalue weighted by molar-refractivity contribution is 14.1. The minimum absolute atomic E-state index is 0.458. The number of benzene rings is 2. The van der Waals surface area contributed by atoms with Crippen molar-refractivity contribution in [3.63, 3.8) is 0 Å². The first-order valence-corrected chi connectivity index (χ1v) is 8.12. The van der Waals surface area contributed by atoms with E-state index in [1.165, 1.54) is 0 Å². The SMILES string of the molecule is Ic1nc(-c2coc(-c3ccccc3)n2)oc1-c1ccccc1. The third-order valence-corrected chi connectivity index (χ3v) is 4.10. The van der Waals surface area contributed by atoms with Crippen LogP contribution in [0, 0.1) is 3.70 Å². The summed E-state index contributed by atoms with van der Waals surface area (Å²) >= 11 is 2.17. The third kappa shape index (κ3) is 2.79. The molecule has 0 aliphatic heterocycles. The minimum atomic E-state index is 0.458. The monoisotopic (exact) mass is 414 g/mol. The molecule has 5 heteroatoms. The lowest BCUT2D eigenvalue weighted by molar-refractivity contribution is 0.569. The van der Waals surface area contributed by atoms with Gasteiger partial charge in [-0.25, -0.2) is 9.97 Å². The summed E-state index contributed by atoms with van der Waals surface area (Å²) in [5, 5.41) is 0. The zero-order valence-corrected chi connectivity index (χ0v) is 14.1. The zero-order chi connectivity index (χ0) is 15.6. The standard InChI is InChI=1S/C18H11IN2O2/c19-16-15(12-7-3-1-4-8-12)23-18(21-16)14-11-22-17(20-14)13-9-5-2-6-10-13/h1-11H. The van der Waals surface area contributed by atoms with E-state index in [9.17, 15) is 0 Å². The average molecular weight is 414 g/mol. The summed E-state index contributed by atoms with van der Waals surface area (Å²) in [7, 11) is 0. The quantitative estimate of drug-likeness (QED) is 0.429. The fourth-order valence-electron chi connectivity index (χ4n) is 2.26. The van der Waals surface area contributed by atoms with Gasteiger partial charge in [0.15, 0.2) is 11.5 Å². The van der Waals surface area contributed by atoms with E-state index in [0.717, 1.165) is 20.6 Å². The topological polar surface area (TPSA) is 52.1 Å². The van der Waals surface area contributed by atoms with Gasteiger partial charge in [-0.05, 0) is 34.7 Å². The van der Waals surface area contributed by atoms with Crippen LogP contribution in [0.5, 0.6) is 0 Å². The Morgan fingerprint density at radius 1 is 0.739 bits per heavy atom. The fraction of sp³-hybridized carbons (Fsp3) is 0. The molecule has 0 spiro atoms. The maximum Gasteiger partial charge on any atom is 0.250 e. The predicted octanol–water partition coefficient (Wildman–Crippen LogP) is 5.27. The highest BCUT2D eigenvalue weighted by Crippen LogP contribution is 2.31. The van der Waals surface area contributed by atoms with Crippen molar-refractivity contribution in [3.8, 4) is 34.4 Å². The number of oxazole rings is 2. The molecular weight excluding hydrogens is 403 g/mol. The summed E-state index contributed by atoms with van der Waals surface area (Å²) in [5.41, 5.74) is 2.50. The van der Waals surface area contributed by atoms with Crippen LogP contribution in [0.25, 0.3) is 34.4 Å². The van der Waals surface area contributed by atoms with Crippen LogP contribution in [0.3, 0.4) is 0 Å². The summed E-state index contributed by atoms with van der Waals surface area (Å²) in [6.07, 6.45) is 1.57. The smallest absolute Gasteiger partial charge is 0.250 e. The maximum atomic E-state index is 5.89. The molecule has 0 aliphatic rings. The molecule has 2 aromatic heterocycles. The Balaban J connectivity index is 1.71. The van der Waals surface area contributed by atoms with Gasteiger partial charge in [0.25, 0.3) is 0 Å². The van der Waals surface area contributed by atoms with Gasteiger partial charge in [-0.2, -0.15) is 0 Å². The summed E-state index contributed by atoms with van der Waals surface area (Å²) in [4.78, 5) is 8.93. The van der Waals surface area contributed by atoms with E-state index in [1.807, 2.05) is 60.7 Å². The number of rotatable bonds is 3. The molecule has 0 unspecified atom stereocenters. The Kier molecular flexibility index (Phi) is 3.70. The van der Waals surface area contributed by atoms with E-state index in [4.69, 9.17) is 8.83 Å². The average Bonchev–Trinajstić information content (AvgIpc) is 3.23. The Labute approximate surface area is 146 Å². The van der Waals surface area contributed by atoms with Crippen LogP contribution in [-0.4, -0.2) is 9.97 Å². The molecule has 0 bridgehead atoms. The largest absolute Gasteiger partial charge is 0.444 e.